The summed E-state index contributed by atoms with van der Waals surface area (Å²) >= 11 is 6.71. The summed E-state index contributed by atoms with van der Waals surface area (Å²) in [5, 5.41) is 12.1. The number of hydrogen-bond donors (Lipinski definition) is 0. The summed E-state index contributed by atoms with van der Waals surface area (Å²) < 4.78 is 1.78. The molecule has 96 valence electrons. The van der Waals surface area contributed by atoms with Crippen molar-refractivity contribution in [1.82, 2.24) is 4.90 Å². The van der Waals surface area contributed by atoms with Gasteiger partial charge in [0.05, 0.1) is 0 Å². The van der Waals surface area contributed by atoms with Gasteiger partial charge in [0.15, 0.2) is 6.21 Å². The van der Waals surface area contributed by atoms with Crippen molar-refractivity contribution in [3.63, 3.8) is 0 Å². The van der Waals surface area contributed by atoms with E-state index in [4.69, 9.17) is 12.2 Å². The Bertz CT molecular complexity index is 485. The second-order valence-electron chi connectivity index (χ2n) is 4.85. The van der Waals surface area contributed by atoms with Crippen LogP contribution in [0.25, 0.3) is 0 Å². The van der Waals surface area contributed by atoms with Gasteiger partial charge in [0, 0.05) is 12.6 Å². The second kappa shape index (κ2) is 4.90. The first-order valence-electron chi connectivity index (χ1n) is 5.73. The molecule has 2 rings (SSSR count). The zero-order chi connectivity index (χ0) is 13.3. The van der Waals surface area contributed by atoms with Crippen LogP contribution in [0.4, 0.5) is 0 Å². The Morgan fingerprint density at radius 2 is 2.00 bits per heavy atom. The molecule has 0 spiro atoms. The number of hydrogen-bond acceptors (Lipinski definition) is 3. The molecule has 0 unspecified atom stereocenters. The predicted octanol–water partition coefficient (Wildman–Crippen LogP) is 2.68. The van der Waals surface area contributed by atoms with Crippen LogP contribution in [0.2, 0.25) is 0 Å². The monoisotopic (exact) mass is 280 g/mol. The van der Waals surface area contributed by atoms with Gasteiger partial charge in [0.1, 0.15) is 9.86 Å². The van der Waals surface area contributed by atoms with E-state index in [0.29, 0.717) is 0 Å². The fourth-order valence-corrected chi connectivity index (χ4v) is 3.54. The van der Waals surface area contributed by atoms with Crippen molar-refractivity contribution in [2.75, 3.05) is 7.05 Å². The van der Waals surface area contributed by atoms with Gasteiger partial charge in [0.25, 0.3) is 0 Å². The second-order valence-corrected chi connectivity index (χ2v) is 6.56. The number of thiocarbonyl (C=S) groups is 1. The highest BCUT2D eigenvalue weighted by Gasteiger charge is 2.48. The molecule has 0 radical (unpaired) electrons. The smallest absolute Gasteiger partial charge is 0.238 e. The molecule has 3 nitrogen and oxygen atoms in total. The van der Waals surface area contributed by atoms with E-state index < -0.39 is 0 Å². The highest BCUT2D eigenvalue weighted by Crippen LogP contribution is 2.38. The van der Waals surface area contributed by atoms with Gasteiger partial charge in [-0.2, -0.15) is 4.74 Å². The molecule has 1 atom stereocenters. The third-order valence-electron chi connectivity index (χ3n) is 3.26. The molecule has 5 heteroatoms. The largest absolute Gasteiger partial charge is 0.623 e. The lowest BCUT2D eigenvalue weighted by Crippen LogP contribution is -2.47. The van der Waals surface area contributed by atoms with Gasteiger partial charge in [-0.25, -0.2) is 0 Å². The Morgan fingerprint density at radius 3 is 2.50 bits per heavy atom. The molecule has 0 saturated carbocycles. The van der Waals surface area contributed by atoms with Crippen LogP contribution in [0.5, 0.6) is 0 Å². The van der Waals surface area contributed by atoms with E-state index in [1.165, 1.54) is 11.8 Å². The van der Waals surface area contributed by atoms with Crippen LogP contribution in [0.3, 0.4) is 0 Å². The zero-order valence-electron chi connectivity index (χ0n) is 10.7. The van der Waals surface area contributed by atoms with Gasteiger partial charge in [-0.05, 0) is 37.7 Å². The van der Waals surface area contributed by atoms with E-state index in [1.54, 1.807) is 6.21 Å². The van der Waals surface area contributed by atoms with Crippen LogP contribution >= 0.6 is 24.0 Å². The van der Waals surface area contributed by atoms with Crippen LogP contribution in [0, 0.1) is 5.21 Å². The SMILES string of the molecule is CN1C(=S)S[C@@H](/[N+]([O-])=C\c2ccccc2)C1(C)C. The van der Waals surface area contributed by atoms with E-state index in [1.807, 2.05) is 56.1 Å². The van der Waals surface area contributed by atoms with Gasteiger partial charge >= 0.3 is 0 Å². The van der Waals surface area contributed by atoms with Gasteiger partial charge in [-0.15, -0.1) is 0 Å². The number of rotatable bonds is 2. The zero-order valence-corrected chi connectivity index (χ0v) is 12.3. The van der Waals surface area contributed by atoms with Crippen LogP contribution in [-0.4, -0.2) is 38.1 Å². The Kier molecular flexibility index (Phi) is 3.64. The van der Waals surface area contributed by atoms with E-state index in [-0.39, 0.29) is 10.9 Å². The first kappa shape index (κ1) is 13.4. The summed E-state index contributed by atoms with van der Waals surface area (Å²) in [6.45, 7) is 4.07. The predicted molar refractivity (Wildman–Crippen MR) is 81.1 cm³/mol. The Labute approximate surface area is 117 Å². The molecular formula is C13H16N2OS2. The fraction of sp³-hybridized carbons (Fsp3) is 0.385. The molecule has 0 amide bonds. The Morgan fingerprint density at radius 1 is 1.39 bits per heavy atom. The molecule has 1 heterocycles. The summed E-state index contributed by atoms with van der Waals surface area (Å²) in [7, 11) is 1.94. The third-order valence-corrected chi connectivity index (χ3v) is 5.31. The normalized spacial score (nSPS) is 23.5. The van der Waals surface area contributed by atoms with Crippen LogP contribution in [0.15, 0.2) is 30.3 Å². The fourth-order valence-electron chi connectivity index (χ4n) is 1.84. The maximum Gasteiger partial charge on any atom is 0.238 e. The van der Waals surface area contributed by atoms with Crippen molar-refractivity contribution in [2.45, 2.75) is 24.8 Å². The average molecular weight is 280 g/mol. The summed E-state index contributed by atoms with van der Waals surface area (Å²) in [5.41, 5.74) is 0.638. The van der Waals surface area contributed by atoms with E-state index in [9.17, 15) is 5.21 Å². The molecular weight excluding hydrogens is 264 g/mol. The number of thioether (sulfide) groups is 1. The van der Waals surface area contributed by atoms with Gasteiger partial charge in [-0.3, -0.25) is 0 Å². The number of nitrogens with zero attached hydrogens (tertiary/aromatic N) is 2. The van der Waals surface area contributed by atoms with E-state index in [0.717, 1.165) is 14.6 Å². The lowest BCUT2D eigenvalue weighted by atomic mass is 10.0. The highest BCUT2D eigenvalue weighted by molar-refractivity contribution is 8.23. The minimum absolute atomic E-state index is 0.213. The molecule has 1 saturated heterocycles. The summed E-state index contributed by atoms with van der Waals surface area (Å²) in [5.74, 6) is 0. The highest BCUT2D eigenvalue weighted by atomic mass is 32.2. The van der Waals surface area contributed by atoms with Crippen molar-refractivity contribution in [2.24, 2.45) is 0 Å². The number of benzene rings is 1. The minimum Gasteiger partial charge on any atom is -0.623 e. The topological polar surface area (TPSA) is 29.3 Å². The molecule has 18 heavy (non-hydrogen) atoms. The summed E-state index contributed by atoms with van der Waals surface area (Å²) in [6.07, 6.45) is 1.63. The lowest BCUT2D eigenvalue weighted by molar-refractivity contribution is -0.480. The standard InChI is InChI=1S/C13H16N2OS2/c1-13(2)11(18-12(17)14(13)3)15(16)9-10-7-5-4-6-8-10/h4-9,11H,1-3H3/b15-9+/t11-/m1/s1. The molecule has 1 aliphatic rings. The molecule has 0 aromatic heterocycles. The lowest BCUT2D eigenvalue weighted by Gasteiger charge is -2.30. The summed E-state index contributed by atoms with van der Waals surface area (Å²) in [6, 6.07) is 9.61. The van der Waals surface area contributed by atoms with Crippen molar-refractivity contribution < 1.29 is 4.74 Å². The van der Waals surface area contributed by atoms with Crippen LogP contribution in [-0.2, 0) is 0 Å². The third kappa shape index (κ3) is 2.37. The summed E-state index contributed by atoms with van der Waals surface area (Å²) in [4.78, 5) is 1.99. The first-order chi connectivity index (χ1) is 8.43. The van der Waals surface area contributed by atoms with Gasteiger partial charge in [-0.1, -0.05) is 30.4 Å². The van der Waals surface area contributed by atoms with E-state index in [2.05, 4.69) is 0 Å². The molecule has 0 bridgehead atoms. The van der Waals surface area contributed by atoms with Crippen LogP contribution < -0.4 is 0 Å². The maximum atomic E-state index is 12.3. The van der Waals surface area contributed by atoms with Crippen molar-refractivity contribution >= 4 is 34.5 Å². The molecule has 1 aliphatic heterocycles. The van der Waals surface area contributed by atoms with Crippen LogP contribution in [0.1, 0.15) is 19.4 Å². The van der Waals surface area contributed by atoms with E-state index >= 15 is 0 Å². The number of hydroxylamine groups is 1. The molecule has 1 aromatic rings. The van der Waals surface area contributed by atoms with Crippen molar-refractivity contribution in [3.8, 4) is 0 Å². The minimum atomic E-state index is -0.269. The quantitative estimate of drug-likeness (QED) is 0.274. The average Bonchev–Trinajstić information content (AvgIpc) is 2.54. The Balaban J connectivity index is 2.27. The van der Waals surface area contributed by atoms with Crippen molar-refractivity contribution in [3.05, 3.63) is 41.1 Å². The molecule has 1 aromatic carbocycles. The maximum absolute atomic E-state index is 12.3. The molecule has 0 N–H and O–H groups in total. The number of likely N-dealkylation sites (N-methyl/N-ethyl adjacent to an activating group) is 1. The Hall–Kier alpha value is -1.07. The van der Waals surface area contributed by atoms with Gasteiger partial charge in [0.2, 0.25) is 5.37 Å². The first-order valence-corrected chi connectivity index (χ1v) is 7.01. The molecule has 1 fully saturated rings. The van der Waals surface area contributed by atoms with Gasteiger partial charge < -0.3 is 10.1 Å². The molecule has 0 aliphatic carbocycles. The van der Waals surface area contributed by atoms with Crippen molar-refractivity contribution in [1.29, 1.82) is 0 Å².